The predicted octanol–water partition coefficient (Wildman–Crippen LogP) is 4.45. The molecule has 0 bridgehead atoms. The second-order valence-electron chi connectivity index (χ2n) is 6.79. The average molecular weight is 420 g/mol. The van der Waals surface area contributed by atoms with Gasteiger partial charge in [-0.05, 0) is 42.3 Å². The number of hydrogen-bond donors (Lipinski definition) is 0. The highest BCUT2D eigenvalue weighted by Gasteiger charge is 2.19. The summed E-state index contributed by atoms with van der Waals surface area (Å²) in [5, 5.41) is 13.6. The molecule has 0 saturated carbocycles. The summed E-state index contributed by atoms with van der Waals surface area (Å²) in [4.78, 5) is 13.1. The number of halogens is 2. The molecule has 3 heterocycles. The third-order valence-electron chi connectivity index (χ3n) is 5.03. The fraction of sp³-hybridized carbons (Fsp3) is 0.0909. The summed E-state index contributed by atoms with van der Waals surface area (Å²) in [6.07, 6.45) is 2.30. The average Bonchev–Trinajstić information content (AvgIpc) is 3.14. The zero-order chi connectivity index (χ0) is 20.8. The van der Waals surface area contributed by atoms with Crippen LogP contribution < -0.4 is 5.56 Å². The number of rotatable bonds is 3. The maximum Gasteiger partial charge on any atom is 0.285 e. The fourth-order valence-corrected chi connectivity index (χ4v) is 3.81. The van der Waals surface area contributed by atoms with Gasteiger partial charge in [0.05, 0.1) is 22.0 Å². The Kier molecular flexibility index (Phi) is 4.33. The third kappa shape index (κ3) is 2.78. The van der Waals surface area contributed by atoms with Gasteiger partial charge in [-0.2, -0.15) is 5.10 Å². The van der Waals surface area contributed by atoms with E-state index < -0.39 is 0 Å². The normalized spacial score (nSPS) is 11.4. The van der Waals surface area contributed by atoms with Crippen LogP contribution >= 0.6 is 11.6 Å². The lowest BCUT2D eigenvalue weighted by Gasteiger charge is -2.09. The lowest BCUT2D eigenvalue weighted by atomic mass is 10.0. The Labute approximate surface area is 175 Å². The van der Waals surface area contributed by atoms with Crippen LogP contribution in [0.2, 0.25) is 5.02 Å². The number of nitrogens with zero attached hydrogens (tertiary/aromatic N) is 5. The first-order valence-corrected chi connectivity index (χ1v) is 9.76. The van der Waals surface area contributed by atoms with Crippen LogP contribution in [0.1, 0.15) is 12.6 Å². The molecule has 2 aromatic carbocycles. The van der Waals surface area contributed by atoms with Crippen LogP contribution in [-0.2, 0) is 6.42 Å². The Morgan fingerprint density at radius 3 is 2.53 bits per heavy atom. The molecule has 0 N–H and O–H groups in total. The summed E-state index contributed by atoms with van der Waals surface area (Å²) >= 11 is 6.26. The van der Waals surface area contributed by atoms with Crippen molar-refractivity contribution in [3.05, 3.63) is 87.7 Å². The molecule has 3 aromatic heterocycles. The molecule has 0 aliphatic heterocycles. The second kappa shape index (κ2) is 7.03. The molecule has 8 heteroatoms. The minimum Gasteiger partial charge on any atom is -0.281 e. The van der Waals surface area contributed by atoms with Crippen LogP contribution in [0.25, 0.3) is 33.5 Å². The van der Waals surface area contributed by atoms with Gasteiger partial charge in [-0.1, -0.05) is 42.8 Å². The molecule has 0 unspecified atom stereocenters. The van der Waals surface area contributed by atoms with Gasteiger partial charge in [-0.15, -0.1) is 10.2 Å². The fourth-order valence-electron chi connectivity index (χ4n) is 3.59. The molecule has 148 valence electrons. The maximum absolute atomic E-state index is 13.4. The van der Waals surface area contributed by atoms with Crippen LogP contribution in [0.3, 0.4) is 0 Å². The molecule has 0 saturated heterocycles. The van der Waals surface area contributed by atoms with Gasteiger partial charge in [0.2, 0.25) is 0 Å². The summed E-state index contributed by atoms with van der Waals surface area (Å²) < 4.78 is 16.5. The topological polar surface area (TPSA) is 65.1 Å². The SMILES string of the molecule is CCc1nn2c(nnc3c(=O)n(-c4ccccc4Cl)ccc32)c1-c1ccc(F)cc1. The third-order valence-corrected chi connectivity index (χ3v) is 5.35. The van der Waals surface area contributed by atoms with Crippen molar-refractivity contribution < 1.29 is 4.39 Å². The van der Waals surface area contributed by atoms with Crippen molar-refractivity contribution in [1.29, 1.82) is 0 Å². The standard InChI is InChI=1S/C22H15ClFN5O/c1-2-16-19(13-7-9-14(24)10-8-13)21-26-25-20-18(29(21)27-16)11-12-28(22(20)30)17-6-4-3-5-15(17)23/h3-12H,2H2,1H3. The summed E-state index contributed by atoms with van der Waals surface area (Å²) in [5.74, 6) is -0.315. The zero-order valence-corrected chi connectivity index (χ0v) is 16.6. The first-order valence-electron chi connectivity index (χ1n) is 9.39. The van der Waals surface area contributed by atoms with Crippen molar-refractivity contribution in [2.24, 2.45) is 0 Å². The Morgan fingerprint density at radius 1 is 1.03 bits per heavy atom. The van der Waals surface area contributed by atoms with Crippen molar-refractivity contribution in [3.8, 4) is 16.8 Å². The van der Waals surface area contributed by atoms with Crippen molar-refractivity contribution in [2.75, 3.05) is 0 Å². The number of aryl methyl sites for hydroxylation is 1. The van der Waals surface area contributed by atoms with E-state index in [1.165, 1.54) is 16.7 Å². The molecule has 0 spiro atoms. The predicted molar refractivity (Wildman–Crippen MR) is 114 cm³/mol. The zero-order valence-electron chi connectivity index (χ0n) is 15.9. The summed E-state index contributed by atoms with van der Waals surface area (Å²) in [6.45, 7) is 1.98. The van der Waals surface area contributed by atoms with Gasteiger partial charge in [-0.25, -0.2) is 8.91 Å². The molecule has 5 rings (SSSR count). The van der Waals surface area contributed by atoms with Crippen molar-refractivity contribution >= 4 is 28.3 Å². The molecule has 0 aliphatic carbocycles. The van der Waals surface area contributed by atoms with Crippen LogP contribution in [0.15, 0.2) is 65.6 Å². The Hall–Kier alpha value is -3.58. The lowest BCUT2D eigenvalue weighted by molar-refractivity contribution is 0.628. The van der Waals surface area contributed by atoms with E-state index in [1.54, 1.807) is 47.1 Å². The van der Waals surface area contributed by atoms with E-state index in [4.69, 9.17) is 11.6 Å². The first-order chi connectivity index (χ1) is 14.6. The highest BCUT2D eigenvalue weighted by atomic mass is 35.5. The summed E-state index contributed by atoms with van der Waals surface area (Å²) in [6, 6.07) is 15.0. The van der Waals surface area contributed by atoms with E-state index in [1.807, 2.05) is 13.0 Å². The monoisotopic (exact) mass is 419 g/mol. The van der Waals surface area contributed by atoms with Gasteiger partial charge >= 0.3 is 0 Å². The minimum absolute atomic E-state index is 0.181. The van der Waals surface area contributed by atoms with Gasteiger partial charge < -0.3 is 0 Å². The van der Waals surface area contributed by atoms with E-state index in [-0.39, 0.29) is 16.9 Å². The van der Waals surface area contributed by atoms with E-state index in [0.29, 0.717) is 28.3 Å². The van der Waals surface area contributed by atoms with Crippen LogP contribution in [0, 0.1) is 5.82 Å². The highest BCUT2D eigenvalue weighted by Crippen LogP contribution is 2.29. The summed E-state index contributed by atoms with van der Waals surface area (Å²) in [7, 11) is 0. The Morgan fingerprint density at radius 2 is 1.80 bits per heavy atom. The van der Waals surface area contributed by atoms with Crippen molar-refractivity contribution in [2.45, 2.75) is 13.3 Å². The molecule has 0 radical (unpaired) electrons. The number of aromatic nitrogens is 5. The molecular formula is C22H15ClFN5O. The molecule has 0 aliphatic rings. The lowest BCUT2D eigenvalue weighted by Crippen LogP contribution is -2.20. The molecule has 5 aromatic rings. The molecule has 6 nitrogen and oxygen atoms in total. The number of benzene rings is 2. The molecule has 30 heavy (non-hydrogen) atoms. The number of fused-ring (bicyclic) bond motifs is 3. The van der Waals surface area contributed by atoms with Gasteiger partial charge in [-0.3, -0.25) is 9.36 Å². The van der Waals surface area contributed by atoms with Crippen LogP contribution in [0.4, 0.5) is 4.39 Å². The van der Waals surface area contributed by atoms with E-state index in [9.17, 15) is 9.18 Å². The van der Waals surface area contributed by atoms with Gasteiger partial charge in [0.25, 0.3) is 5.56 Å². The molecular weight excluding hydrogens is 405 g/mol. The Bertz CT molecular complexity index is 1470. The molecule has 0 atom stereocenters. The number of hydrogen-bond acceptors (Lipinski definition) is 4. The van der Waals surface area contributed by atoms with Gasteiger partial charge in [0.15, 0.2) is 11.2 Å². The largest absolute Gasteiger partial charge is 0.285 e. The van der Waals surface area contributed by atoms with Gasteiger partial charge in [0, 0.05) is 6.20 Å². The van der Waals surface area contributed by atoms with Crippen molar-refractivity contribution in [3.63, 3.8) is 0 Å². The van der Waals surface area contributed by atoms with Crippen LogP contribution in [-0.4, -0.2) is 24.4 Å². The van der Waals surface area contributed by atoms with E-state index in [0.717, 1.165) is 16.8 Å². The van der Waals surface area contributed by atoms with Gasteiger partial charge in [0.1, 0.15) is 11.3 Å². The Balaban J connectivity index is 1.79. The maximum atomic E-state index is 13.4. The quantitative estimate of drug-likeness (QED) is 0.433. The minimum atomic E-state index is -0.341. The highest BCUT2D eigenvalue weighted by molar-refractivity contribution is 6.32. The molecule has 0 fully saturated rings. The molecule has 0 amide bonds. The smallest absolute Gasteiger partial charge is 0.281 e. The van der Waals surface area contributed by atoms with Crippen molar-refractivity contribution in [1.82, 2.24) is 24.4 Å². The van der Waals surface area contributed by atoms with Crippen LogP contribution in [0.5, 0.6) is 0 Å². The van der Waals surface area contributed by atoms with E-state index in [2.05, 4.69) is 15.3 Å². The second-order valence-corrected chi connectivity index (χ2v) is 7.20. The number of para-hydroxylation sites is 1. The summed E-state index contributed by atoms with van der Waals surface area (Å²) in [5.41, 5.74) is 3.82. The first kappa shape index (κ1) is 18.4. The van der Waals surface area contributed by atoms with E-state index >= 15 is 0 Å². The number of pyridine rings is 1.